The monoisotopic (exact) mass is 471 g/mol. The number of hydrogen-bond donors (Lipinski definition) is 3. The molecule has 2 unspecified atom stereocenters. The third kappa shape index (κ3) is 3.53. The third-order valence-electron chi connectivity index (χ3n) is 8.55. The summed E-state index contributed by atoms with van der Waals surface area (Å²) in [4.78, 5) is 42.5. The van der Waals surface area contributed by atoms with Gasteiger partial charge in [-0.3, -0.25) is 14.4 Å². The summed E-state index contributed by atoms with van der Waals surface area (Å²) in [5, 5.41) is 16.1. The molecule has 3 heterocycles. The van der Waals surface area contributed by atoms with Gasteiger partial charge in [-0.25, -0.2) is 0 Å². The Kier molecular flexibility index (Phi) is 6.75. The Bertz CT molecular complexity index is 940. The quantitative estimate of drug-likeness (QED) is 0.507. The van der Waals surface area contributed by atoms with Crippen LogP contribution in [0.5, 0.6) is 0 Å². The number of benzene rings is 1. The standard InChI is InChI=1S/C26H37N3O5/c1-5-16(3)18(15-30)29-21(23(32)28-14-17-10-8-7-9-11-17)26-13-12-25(6-2,34-26)19(22(31)27-4)20(26)24(29)33/h7-11,16,18-21,30H,5-6,12-15H2,1-4H3,(H,27,31)(H,28,32)/t16-,18-,19+,20-,21?,25-,26?/m0/s1. The summed E-state index contributed by atoms with van der Waals surface area (Å²) in [5.41, 5.74) is -0.882. The van der Waals surface area contributed by atoms with Crippen molar-refractivity contribution in [2.24, 2.45) is 17.8 Å². The van der Waals surface area contributed by atoms with E-state index in [1.165, 1.54) is 0 Å². The molecule has 0 saturated carbocycles. The second kappa shape index (κ2) is 9.30. The van der Waals surface area contributed by atoms with Gasteiger partial charge in [0.05, 0.1) is 30.1 Å². The highest BCUT2D eigenvalue weighted by Gasteiger charge is 2.79. The molecule has 1 aromatic carbocycles. The van der Waals surface area contributed by atoms with E-state index < -0.39 is 35.1 Å². The lowest BCUT2D eigenvalue weighted by Crippen LogP contribution is -2.59. The first-order valence-corrected chi connectivity index (χ1v) is 12.5. The highest BCUT2D eigenvalue weighted by Crippen LogP contribution is 2.64. The number of carbonyl (C=O) groups excluding carboxylic acids is 3. The van der Waals surface area contributed by atoms with Crippen molar-refractivity contribution in [3.63, 3.8) is 0 Å². The molecule has 1 spiro atoms. The zero-order chi connectivity index (χ0) is 24.7. The number of nitrogens with one attached hydrogen (secondary N) is 2. The number of aliphatic hydroxyl groups excluding tert-OH is 1. The van der Waals surface area contributed by atoms with E-state index in [1.54, 1.807) is 11.9 Å². The minimum Gasteiger partial charge on any atom is -0.394 e. The number of amides is 3. The maximum Gasteiger partial charge on any atom is 0.246 e. The highest BCUT2D eigenvalue weighted by molar-refractivity contribution is 5.99. The molecule has 3 aliphatic heterocycles. The zero-order valence-electron chi connectivity index (χ0n) is 20.5. The largest absolute Gasteiger partial charge is 0.394 e. The number of carbonyl (C=O) groups is 3. The van der Waals surface area contributed by atoms with Crippen LogP contribution in [0.4, 0.5) is 0 Å². The Morgan fingerprint density at radius 2 is 1.91 bits per heavy atom. The van der Waals surface area contributed by atoms with E-state index in [0.717, 1.165) is 12.0 Å². The maximum absolute atomic E-state index is 14.0. The summed E-state index contributed by atoms with van der Waals surface area (Å²) in [7, 11) is 1.57. The molecular weight excluding hydrogens is 434 g/mol. The van der Waals surface area contributed by atoms with E-state index in [0.29, 0.717) is 25.8 Å². The fourth-order valence-electron chi connectivity index (χ4n) is 6.56. The molecule has 3 saturated heterocycles. The zero-order valence-corrected chi connectivity index (χ0v) is 20.5. The second-order valence-electron chi connectivity index (χ2n) is 10.0. The summed E-state index contributed by atoms with van der Waals surface area (Å²) in [6, 6.07) is 8.16. The molecule has 0 aliphatic carbocycles. The van der Waals surface area contributed by atoms with Gasteiger partial charge in [0.25, 0.3) is 0 Å². The van der Waals surface area contributed by atoms with Crippen molar-refractivity contribution in [3.05, 3.63) is 35.9 Å². The highest BCUT2D eigenvalue weighted by atomic mass is 16.5. The Morgan fingerprint density at radius 3 is 2.50 bits per heavy atom. The molecule has 3 aliphatic rings. The van der Waals surface area contributed by atoms with E-state index in [-0.39, 0.29) is 30.2 Å². The predicted octanol–water partition coefficient (Wildman–Crippen LogP) is 1.61. The number of ether oxygens (including phenoxy) is 1. The first-order chi connectivity index (χ1) is 16.3. The van der Waals surface area contributed by atoms with Crippen molar-refractivity contribution in [1.29, 1.82) is 0 Å². The lowest BCUT2D eigenvalue weighted by atomic mass is 9.65. The minimum absolute atomic E-state index is 0.0237. The number of hydrogen-bond acceptors (Lipinski definition) is 5. The van der Waals surface area contributed by atoms with E-state index in [9.17, 15) is 19.5 Å². The van der Waals surface area contributed by atoms with E-state index in [2.05, 4.69) is 10.6 Å². The molecule has 0 aromatic heterocycles. The number of fused-ring (bicyclic) bond motifs is 1. The topological polar surface area (TPSA) is 108 Å². The van der Waals surface area contributed by atoms with Crippen LogP contribution in [0.1, 0.15) is 52.0 Å². The van der Waals surface area contributed by atoms with Crippen LogP contribution in [0.3, 0.4) is 0 Å². The van der Waals surface area contributed by atoms with E-state index in [4.69, 9.17) is 4.74 Å². The van der Waals surface area contributed by atoms with E-state index in [1.807, 2.05) is 51.1 Å². The first kappa shape index (κ1) is 24.7. The lowest BCUT2D eigenvalue weighted by molar-refractivity contribution is -0.152. The predicted molar refractivity (Wildman–Crippen MR) is 126 cm³/mol. The van der Waals surface area contributed by atoms with Crippen LogP contribution in [-0.4, -0.2) is 64.7 Å². The Hall–Kier alpha value is -2.45. The number of aliphatic hydroxyl groups is 1. The average Bonchev–Trinajstić information content (AvgIpc) is 3.47. The first-order valence-electron chi connectivity index (χ1n) is 12.5. The van der Waals surface area contributed by atoms with Gasteiger partial charge in [-0.1, -0.05) is 57.5 Å². The molecule has 8 nitrogen and oxygen atoms in total. The van der Waals surface area contributed by atoms with Crippen LogP contribution < -0.4 is 10.6 Å². The van der Waals surface area contributed by atoms with Crippen molar-refractivity contribution in [1.82, 2.24) is 15.5 Å². The molecule has 2 bridgehead atoms. The fourth-order valence-corrected chi connectivity index (χ4v) is 6.56. The van der Waals surface area contributed by atoms with Crippen LogP contribution in [0.25, 0.3) is 0 Å². The Morgan fingerprint density at radius 1 is 1.21 bits per heavy atom. The maximum atomic E-state index is 14.0. The Balaban J connectivity index is 1.76. The van der Waals surface area contributed by atoms with Crippen molar-refractivity contribution in [2.45, 2.75) is 76.3 Å². The minimum atomic E-state index is -1.08. The summed E-state index contributed by atoms with van der Waals surface area (Å²) >= 11 is 0. The van der Waals surface area contributed by atoms with Crippen LogP contribution in [0, 0.1) is 17.8 Å². The van der Waals surface area contributed by atoms with Crippen LogP contribution in [-0.2, 0) is 25.7 Å². The molecule has 0 radical (unpaired) electrons. The van der Waals surface area contributed by atoms with Gasteiger partial charge in [-0.05, 0) is 30.7 Å². The van der Waals surface area contributed by atoms with Gasteiger partial charge >= 0.3 is 0 Å². The van der Waals surface area contributed by atoms with Gasteiger partial charge in [0.2, 0.25) is 17.7 Å². The second-order valence-corrected chi connectivity index (χ2v) is 10.0. The van der Waals surface area contributed by atoms with Gasteiger partial charge in [-0.2, -0.15) is 0 Å². The number of rotatable bonds is 9. The van der Waals surface area contributed by atoms with Crippen LogP contribution in [0.15, 0.2) is 30.3 Å². The molecule has 34 heavy (non-hydrogen) atoms. The van der Waals surface area contributed by atoms with Gasteiger partial charge in [0.1, 0.15) is 11.6 Å². The molecule has 1 aromatic rings. The van der Waals surface area contributed by atoms with Gasteiger partial charge in [0.15, 0.2) is 0 Å². The summed E-state index contributed by atoms with van der Waals surface area (Å²) < 4.78 is 6.68. The summed E-state index contributed by atoms with van der Waals surface area (Å²) in [6.45, 7) is 6.01. The smallest absolute Gasteiger partial charge is 0.246 e. The van der Waals surface area contributed by atoms with Crippen molar-refractivity contribution < 1.29 is 24.2 Å². The van der Waals surface area contributed by atoms with Crippen LogP contribution in [0.2, 0.25) is 0 Å². The van der Waals surface area contributed by atoms with E-state index >= 15 is 0 Å². The van der Waals surface area contributed by atoms with Crippen molar-refractivity contribution in [3.8, 4) is 0 Å². The van der Waals surface area contributed by atoms with Gasteiger partial charge < -0.3 is 25.4 Å². The summed E-state index contributed by atoms with van der Waals surface area (Å²) in [5.74, 6) is -2.21. The molecule has 3 fully saturated rings. The molecule has 7 atom stereocenters. The number of likely N-dealkylation sites (tertiary alicyclic amines) is 1. The lowest BCUT2D eigenvalue weighted by Gasteiger charge is -2.39. The van der Waals surface area contributed by atoms with Crippen molar-refractivity contribution in [2.75, 3.05) is 13.7 Å². The molecule has 4 rings (SSSR count). The fraction of sp³-hybridized carbons (Fsp3) is 0.654. The van der Waals surface area contributed by atoms with Gasteiger partial charge in [-0.15, -0.1) is 0 Å². The van der Waals surface area contributed by atoms with Crippen LogP contribution >= 0.6 is 0 Å². The normalized spacial score (nSPS) is 33.5. The SMILES string of the molecule is CC[C@H](C)[C@H](CO)N1C(=O)[C@@H]2[C@H](C(=O)NC)[C@]3(CC)CCC2(O3)C1C(=O)NCc1ccccc1. The molecular formula is C26H37N3O5. The number of nitrogens with zero attached hydrogens (tertiary/aromatic N) is 1. The molecule has 186 valence electrons. The summed E-state index contributed by atoms with van der Waals surface area (Å²) in [6.07, 6.45) is 2.48. The molecule has 8 heteroatoms. The average molecular weight is 472 g/mol. The van der Waals surface area contributed by atoms with Crippen molar-refractivity contribution >= 4 is 17.7 Å². The Labute approximate surface area is 201 Å². The van der Waals surface area contributed by atoms with Gasteiger partial charge in [0, 0.05) is 13.6 Å². The molecule has 3 amide bonds. The third-order valence-corrected chi connectivity index (χ3v) is 8.55. The molecule has 3 N–H and O–H groups in total.